The Morgan fingerprint density at radius 1 is 0.511 bits per heavy atom. The maximum absolute atomic E-state index is 12.5. The van der Waals surface area contributed by atoms with E-state index in [1.54, 1.807) is 6.08 Å². The molecule has 264 valence electrons. The van der Waals surface area contributed by atoms with E-state index >= 15 is 0 Å². The topological polar surface area (TPSA) is 84.8 Å². The van der Waals surface area contributed by atoms with Gasteiger partial charge in [0.1, 0.15) is 36.6 Å². The highest BCUT2D eigenvalue weighted by Gasteiger charge is 2.70. The summed E-state index contributed by atoms with van der Waals surface area (Å²) in [6.07, 6.45) is -2.48. The SMILES string of the molecule is C=CCO[C@@H]1[C@H](O)[C@H]2O[Si](C(C)C)(C(C)C)O[Si](C(C)C)(C(C)C)O[C@@H]2[C@H]2O[Si](C(C)C)(C(C)C)O[Si](C(C)C)(C(C)C)O[C@H]21. The van der Waals surface area contributed by atoms with E-state index in [1.807, 2.05) is 0 Å². The van der Waals surface area contributed by atoms with Gasteiger partial charge in [0.05, 0.1) is 6.61 Å². The third kappa shape index (κ3) is 6.75. The monoisotopic (exact) mass is 704 g/mol. The van der Waals surface area contributed by atoms with Gasteiger partial charge in [-0.25, -0.2) is 0 Å². The molecule has 2 saturated heterocycles. The highest BCUT2D eigenvalue weighted by Crippen LogP contribution is 2.54. The minimum atomic E-state index is -2.99. The van der Waals surface area contributed by atoms with Gasteiger partial charge in [0.25, 0.3) is 0 Å². The van der Waals surface area contributed by atoms with Crippen molar-refractivity contribution in [3.05, 3.63) is 12.7 Å². The molecule has 3 aliphatic rings. The molecule has 1 saturated carbocycles. The standard InChI is InChI=1S/C33H68O8Si4/c1-18-19-35-29-28(34)30-32(38-44(24(10)11,25(12)13)40-42(36-30,20(2)3)21(4)5)33-31(29)37-43(22(6)7,23(8)9)41-45(39-33,26(14)15)27(16)17/h18,20-34H,1,19H2,2-17H3/t28-,29+,30+,31-,32-,33-/m0/s1. The molecule has 1 aliphatic carbocycles. The Kier molecular flexibility index (Phi) is 12.9. The highest BCUT2D eigenvalue weighted by atomic mass is 28.5. The van der Waals surface area contributed by atoms with E-state index in [1.165, 1.54) is 0 Å². The average Bonchev–Trinajstić information content (AvgIpc) is 3.21. The van der Waals surface area contributed by atoms with E-state index in [-0.39, 0.29) is 50.9 Å². The average molecular weight is 705 g/mol. The molecule has 1 N–H and O–H groups in total. The Balaban J connectivity index is 2.42. The molecule has 6 atom stereocenters. The van der Waals surface area contributed by atoms with Gasteiger partial charge in [0.2, 0.25) is 0 Å². The van der Waals surface area contributed by atoms with Crippen molar-refractivity contribution >= 4 is 34.2 Å². The lowest BCUT2D eigenvalue weighted by molar-refractivity contribution is -0.215. The van der Waals surface area contributed by atoms with Crippen molar-refractivity contribution in [3.63, 3.8) is 0 Å². The van der Waals surface area contributed by atoms with Crippen LogP contribution in [-0.2, 0) is 30.7 Å². The predicted octanol–water partition coefficient (Wildman–Crippen LogP) is 8.58. The zero-order chi connectivity index (χ0) is 34.4. The summed E-state index contributed by atoms with van der Waals surface area (Å²) in [6, 6.07) is 0. The summed E-state index contributed by atoms with van der Waals surface area (Å²) in [6.45, 7) is 39.7. The molecule has 0 amide bonds. The molecule has 45 heavy (non-hydrogen) atoms. The fraction of sp³-hybridized carbons (Fsp3) is 0.939. The van der Waals surface area contributed by atoms with E-state index in [0.717, 1.165) is 0 Å². The quantitative estimate of drug-likeness (QED) is 0.169. The van der Waals surface area contributed by atoms with Crippen LogP contribution in [0.25, 0.3) is 0 Å². The van der Waals surface area contributed by atoms with Crippen LogP contribution in [0.15, 0.2) is 12.7 Å². The number of hydrogen-bond donors (Lipinski definition) is 1. The van der Waals surface area contributed by atoms with E-state index in [2.05, 4.69) is 117 Å². The van der Waals surface area contributed by atoms with Crippen LogP contribution in [0, 0.1) is 0 Å². The van der Waals surface area contributed by atoms with Crippen LogP contribution < -0.4 is 0 Å². The first-order chi connectivity index (χ1) is 20.7. The smallest absolute Gasteiger partial charge is 0.335 e. The Hall–Kier alpha value is 0.288. The fourth-order valence-corrected chi connectivity index (χ4v) is 30.8. The van der Waals surface area contributed by atoms with Crippen molar-refractivity contribution in [2.45, 2.75) is 192 Å². The number of aliphatic hydroxyl groups is 1. The van der Waals surface area contributed by atoms with Crippen LogP contribution in [0.5, 0.6) is 0 Å². The number of hydrogen-bond acceptors (Lipinski definition) is 8. The van der Waals surface area contributed by atoms with Crippen LogP contribution in [-0.4, -0.2) is 82.6 Å². The van der Waals surface area contributed by atoms with Gasteiger partial charge in [0, 0.05) is 0 Å². The largest absolute Gasteiger partial charge is 0.414 e. The number of aliphatic hydroxyl groups excluding tert-OH is 1. The second-order valence-corrected chi connectivity index (χ2v) is 33.8. The van der Waals surface area contributed by atoms with E-state index in [0.29, 0.717) is 0 Å². The lowest BCUT2D eigenvalue weighted by Crippen LogP contribution is -2.70. The summed E-state index contributed by atoms with van der Waals surface area (Å²) >= 11 is 0. The second-order valence-electron chi connectivity index (χ2n) is 16.2. The summed E-state index contributed by atoms with van der Waals surface area (Å²) < 4.78 is 51.5. The molecule has 3 rings (SSSR count). The first-order valence-corrected chi connectivity index (χ1v) is 25.6. The third-order valence-corrected chi connectivity index (χ3v) is 31.3. The van der Waals surface area contributed by atoms with Crippen LogP contribution in [0.2, 0.25) is 44.3 Å². The van der Waals surface area contributed by atoms with Gasteiger partial charge in [-0.2, -0.15) is 0 Å². The molecular formula is C33H68O8Si4. The molecule has 0 aromatic rings. The lowest BCUT2D eigenvalue weighted by atomic mass is 9.85. The van der Waals surface area contributed by atoms with Gasteiger partial charge in [-0.05, 0) is 44.3 Å². The minimum Gasteiger partial charge on any atom is -0.414 e. The van der Waals surface area contributed by atoms with Crippen molar-refractivity contribution in [1.29, 1.82) is 0 Å². The van der Waals surface area contributed by atoms with Gasteiger partial charge in [0.15, 0.2) is 0 Å². The Labute approximate surface area is 280 Å². The van der Waals surface area contributed by atoms with Crippen molar-refractivity contribution < 1.29 is 35.8 Å². The number of ether oxygens (including phenoxy) is 1. The molecular weight excluding hydrogens is 637 g/mol. The van der Waals surface area contributed by atoms with Crippen molar-refractivity contribution in [3.8, 4) is 0 Å². The molecule has 0 radical (unpaired) electrons. The van der Waals surface area contributed by atoms with Crippen LogP contribution in [0.4, 0.5) is 0 Å². The Morgan fingerprint density at radius 2 is 0.778 bits per heavy atom. The van der Waals surface area contributed by atoms with Crippen molar-refractivity contribution in [1.82, 2.24) is 0 Å². The van der Waals surface area contributed by atoms with Gasteiger partial charge in [-0.1, -0.05) is 117 Å². The van der Waals surface area contributed by atoms with Gasteiger partial charge >= 0.3 is 34.2 Å². The summed E-state index contributed by atoms with van der Waals surface area (Å²) in [5, 5.41) is 12.5. The zero-order valence-electron chi connectivity index (χ0n) is 31.4. The molecule has 0 spiro atoms. The summed E-state index contributed by atoms with van der Waals surface area (Å²) in [7, 11) is -11.9. The van der Waals surface area contributed by atoms with Crippen LogP contribution in [0.1, 0.15) is 111 Å². The molecule has 0 aromatic heterocycles. The van der Waals surface area contributed by atoms with Gasteiger partial charge in [-0.3, -0.25) is 0 Å². The molecule has 0 unspecified atom stereocenters. The molecule has 8 nitrogen and oxygen atoms in total. The zero-order valence-corrected chi connectivity index (χ0v) is 35.4. The molecule has 0 bridgehead atoms. The predicted molar refractivity (Wildman–Crippen MR) is 191 cm³/mol. The molecule has 2 heterocycles. The molecule has 2 aliphatic heterocycles. The van der Waals surface area contributed by atoms with E-state index in [9.17, 15) is 5.11 Å². The molecule has 3 fully saturated rings. The molecule has 0 aromatic carbocycles. The Morgan fingerprint density at radius 3 is 1.07 bits per heavy atom. The summed E-state index contributed by atoms with van der Waals surface area (Å²) in [5.74, 6) is 0. The fourth-order valence-electron chi connectivity index (χ4n) is 8.19. The Bertz CT molecular complexity index is 956. The first-order valence-electron chi connectivity index (χ1n) is 17.7. The second kappa shape index (κ2) is 14.6. The third-order valence-electron chi connectivity index (χ3n) is 10.7. The maximum Gasteiger partial charge on any atom is 0.335 e. The number of fused-ring (bicyclic) bond motifs is 3. The van der Waals surface area contributed by atoms with Crippen LogP contribution in [0.3, 0.4) is 0 Å². The minimum absolute atomic E-state index is 0.137. The van der Waals surface area contributed by atoms with Crippen LogP contribution >= 0.6 is 0 Å². The van der Waals surface area contributed by atoms with E-state index in [4.69, 9.17) is 30.7 Å². The van der Waals surface area contributed by atoms with Crippen molar-refractivity contribution in [2.24, 2.45) is 0 Å². The summed E-state index contributed by atoms with van der Waals surface area (Å²) in [5.41, 5.74) is 1.18. The maximum atomic E-state index is 12.5. The van der Waals surface area contributed by atoms with Gasteiger partial charge < -0.3 is 35.8 Å². The first kappa shape index (κ1) is 39.7. The molecule has 12 heteroatoms. The van der Waals surface area contributed by atoms with E-state index < -0.39 is 70.9 Å². The van der Waals surface area contributed by atoms with Gasteiger partial charge in [-0.15, -0.1) is 6.58 Å². The normalized spacial score (nSPS) is 32.8. The lowest BCUT2D eigenvalue weighted by Gasteiger charge is -2.51. The number of rotatable bonds is 11. The van der Waals surface area contributed by atoms with Crippen molar-refractivity contribution in [2.75, 3.05) is 6.61 Å². The summed E-state index contributed by atoms with van der Waals surface area (Å²) in [4.78, 5) is 0. The highest BCUT2D eigenvalue weighted by molar-refractivity contribution is 6.85.